The average molecular weight is 493 g/mol. The van der Waals surface area contributed by atoms with Crippen molar-refractivity contribution in [1.82, 2.24) is 14.9 Å². The van der Waals surface area contributed by atoms with Gasteiger partial charge < -0.3 is 19.8 Å². The molecule has 4 rings (SSSR count). The van der Waals surface area contributed by atoms with Crippen LogP contribution in [0, 0.1) is 6.92 Å². The summed E-state index contributed by atoms with van der Waals surface area (Å²) < 4.78 is 12.1. The Labute approximate surface area is 205 Å². The number of benzene rings is 2. The van der Waals surface area contributed by atoms with Gasteiger partial charge in [0.05, 0.1) is 48.8 Å². The first-order valence-electron chi connectivity index (χ1n) is 10.8. The second kappa shape index (κ2) is 10.9. The summed E-state index contributed by atoms with van der Waals surface area (Å²) in [5.74, 6) is 0.352. The zero-order valence-corrected chi connectivity index (χ0v) is 20.1. The van der Waals surface area contributed by atoms with Crippen LogP contribution in [0.1, 0.15) is 11.3 Å². The Hall–Kier alpha value is -4.05. The van der Waals surface area contributed by atoms with E-state index >= 15 is 0 Å². The summed E-state index contributed by atoms with van der Waals surface area (Å²) in [5.41, 5.74) is 1.82. The SMILES string of the molecule is COc1ccc(C)cc1NC(=O)CNC(=O)CSc1nc2ccccc2c(=O)n1Cc1ccco1. The van der Waals surface area contributed by atoms with Gasteiger partial charge >= 0.3 is 0 Å². The van der Waals surface area contributed by atoms with Gasteiger partial charge in [-0.2, -0.15) is 0 Å². The molecule has 0 spiro atoms. The second-order valence-electron chi connectivity index (χ2n) is 7.70. The molecule has 0 fully saturated rings. The molecule has 2 aromatic carbocycles. The number of ether oxygens (including phenoxy) is 1. The van der Waals surface area contributed by atoms with Crippen LogP contribution in [0.15, 0.2) is 75.2 Å². The number of hydrogen-bond acceptors (Lipinski definition) is 7. The minimum Gasteiger partial charge on any atom is -0.495 e. The molecule has 0 saturated carbocycles. The molecule has 2 amide bonds. The Bertz CT molecular complexity index is 1420. The summed E-state index contributed by atoms with van der Waals surface area (Å²) >= 11 is 1.12. The molecule has 0 aliphatic heterocycles. The molecule has 9 nitrogen and oxygen atoms in total. The van der Waals surface area contributed by atoms with Crippen LogP contribution in [-0.4, -0.2) is 40.8 Å². The highest BCUT2D eigenvalue weighted by Gasteiger charge is 2.15. The van der Waals surface area contributed by atoms with Crippen LogP contribution >= 0.6 is 11.8 Å². The number of methoxy groups -OCH3 is 1. The molecule has 0 unspecified atom stereocenters. The van der Waals surface area contributed by atoms with Gasteiger partial charge in [-0.1, -0.05) is 30.0 Å². The number of anilines is 1. The summed E-state index contributed by atoms with van der Waals surface area (Å²) in [6.45, 7) is 1.88. The van der Waals surface area contributed by atoms with Crippen LogP contribution in [0.3, 0.4) is 0 Å². The van der Waals surface area contributed by atoms with Crippen molar-refractivity contribution in [3.63, 3.8) is 0 Å². The maximum atomic E-state index is 13.1. The van der Waals surface area contributed by atoms with E-state index in [4.69, 9.17) is 9.15 Å². The molecule has 2 aromatic heterocycles. The van der Waals surface area contributed by atoms with Crippen LogP contribution in [0.25, 0.3) is 10.9 Å². The Balaban J connectivity index is 1.41. The Kier molecular flexibility index (Phi) is 7.51. The first kappa shape index (κ1) is 24.1. The van der Waals surface area contributed by atoms with Crippen molar-refractivity contribution in [2.45, 2.75) is 18.6 Å². The van der Waals surface area contributed by atoms with Crippen molar-refractivity contribution >= 4 is 40.2 Å². The molecule has 0 saturated heterocycles. The van der Waals surface area contributed by atoms with E-state index in [0.29, 0.717) is 33.3 Å². The van der Waals surface area contributed by atoms with Crippen molar-refractivity contribution in [2.75, 3.05) is 24.7 Å². The number of fused-ring (bicyclic) bond motifs is 1. The maximum absolute atomic E-state index is 13.1. The fraction of sp³-hybridized carbons (Fsp3) is 0.200. The number of para-hydroxylation sites is 1. The Morgan fingerprint density at radius 3 is 2.71 bits per heavy atom. The summed E-state index contributed by atoms with van der Waals surface area (Å²) in [4.78, 5) is 42.5. The second-order valence-corrected chi connectivity index (χ2v) is 8.64. The number of aromatic nitrogens is 2. The van der Waals surface area contributed by atoms with Gasteiger partial charge in [-0.3, -0.25) is 19.0 Å². The molecule has 35 heavy (non-hydrogen) atoms. The lowest BCUT2D eigenvalue weighted by Crippen LogP contribution is -2.34. The number of nitrogens with zero attached hydrogens (tertiary/aromatic N) is 2. The topological polar surface area (TPSA) is 115 Å². The molecule has 0 radical (unpaired) electrons. The minimum atomic E-state index is -0.384. The van der Waals surface area contributed by atoms with Crippen LogP contribution in [-0.2, 0) is 16.1 Å². The molecule has 0 atom stereocenters. The van der Waals surface area contributed by atoms with Crippen LogP contribution in [0.2, 0.25) is 0 Å². The van der Waals surface area contributed by atoms with E-state index < -0.39 is 0 Å². The van der Waals surface area contributed by atoms with Gasteiger partial charge in [-0.15, -0.1) is 0 Å². The number of furan rings is 1. The molecule has 4 aromatic rings. The number of aryl methyl sites for hydroxylation is 1. The van der Waals surface area contributed by atoms with Gasteiger partial charge in [-0.05, 0) is 48.9 Å². The minimum absolute atomic E-state index is 0.0238. The van der Waals surface area contributed by atoms with E-state index in [0.717, 1.165) is 17.3 Å². The lowest BCUT2D eigenvalue weighted by molar-refractivity contribution is -0.122. The highest BCUT2D eigenvalue weighted by molar-refractivity contribution is 7.99. The van der Waals surface area contributed by atoms with E-state index in [2.05, 4.69) is 15.6 Å². The zero-order chi connectivity index (χ0) is 24.8. The molecule has 0 aliphatic rings. The molecular weight excluding hydrogens is 468 g/mol. The Morgan fingerprint density at radius 2 is 1.94 bits per heavy atom. The van der Waals surface area contributed by atoms with E-state index in [1.807, 2.05) is 13.0 Å². The monoisotopic (exact) mass is 492 g/mol. The van der Waals surface area contributed by atoms with Crippen LogP contribution < -0.4 is 20.9 Å². The normalized spacial score (nSPS) is 10.8. The highest BCUT2D eigenvalue weighted by Crippen LogP contribution is 2.25. The van der Waals surface area contributed by atoms with Crippen LogP contribution in [0.5, 0.6) is 5.75 Å². The summed E-state index contributed by atoms with van der Waals surface area (Å²) in [6, 6.07) is 16.0. The third-order valence-electron chi connectivity index (χ3n) is 5.13. The van der Waals surface area contributed by atoms with Crippen molar-refractivity contribution < 1.29 is 18.7 Å². The van der Waals surface area contributed by atoms with Crippen molar-refractivity contribution in [2.24, 2.45) is 0 Å². The standard InChI is InChI=1S/C25H24N4O5S/c1-16-9-10-21(33-2)20(12-16)27-22(30)13-26-23(31)15-35-25-28-19-8-4-3-7-18(19)24(32)29(25)14-17-6-5-11-34-17/h3-12H,13-15H2,1-2H3,(H,26,31)(H,27,30). The molecule has 0 bridgehead atoms. The number of nitrogens with one attached hydrogen (secondary N) is 2. The van der Waals surface area contributed by atoms with E-state index in [-0.39, 0.29) is 36.2 Å². The average Bonchev–Trinajstić information content (AvgIpc) is 3.37. The third kappa shape index (κ3) is 5.90. The van der Waals surface area contributed by atoms with E-state index in [1.54, 1.807) is 48.5 Å². The molecular formula is C25H24N4O5S. The quantitative estimate of drug-likeness (QED) is 0.272. The smallest absolute Gasteiger partial charge is 0.262 e. The molecule has 2 N–H and O–H groups in total. The summed E-state index contributed by atoms with van der Waals surface area (Å²) in [6.07, 6.45) is 1.53. The van der Waals surface area contributed by atoms with E-state index in [9.17, 15) is 14.4 Å². The predicted molar refractivity (Wildman–Crippen MR) is 134 cm³/mol. The van der Waals surface area contributed by atoms with Gasteiger partial charge in [0.1, 0.15) is 11.5 Å². The predicted octanol–water partition coefficient (Wildman–Crippen LogP) is 3.20. The van der Waals surface area contributed by atoms with Gasteiger partial charge in [0.25, 0.3) is 5.56 Å². The number of rotatable bonds is 9. The fourth-order valence-electron chi connectivity index (χ4n) is 3.43. The summed E-state index contributed by atoms with van der Waals surface area (Å²) in [5, 5.41) is 6.20. The van der Waals surface area contributed by atoms with Gasteiger partial charge in [-0.25, -0.2) is 4.98 Å². The van der Waals surface area contributed by atoms with Crippen LogP contribution in [0.4, 0.5) is 5.69 Å². The zero-order valence-electron chi connectivity index (χ0n) is 19.2. The largest absolute Gasteiger partial charge is 0.495 e. The highest BCUT2D eigenvalue weighted by atomic mass is 32.2. The number of thioether (sulfide) groups is 1. The lowest BCUT2D eigenvalue weighted by atomic mass is 10.2. The third-order valence-corrected chi connectivity index (χ3v) is 6.10. The maximum Gasteiger partial charge on any atom is 0.262 e. The van der Waals surface area contributed by atoms with E-state index in [1.165, 1.54) is 17.9 Å². The van der Waals surface area contributed by atoms with Gasteiger partial charge in [0, 0.05) is 0 Å². The fourth-order valence-corrected chi connectivity index (χ4v) is 4.26. The first-order valence-corrected chi connectivity index (χ1v) is 11.8. The van der Waals surface area contributed by atoms with Crippen molar-refractivity contribution in [3.05, 3.63) is 82.5 Å². The molecule has 10 heteroatoms. The van der Waals surface area contributed by atoms with Crippen molar-refractivity contribution in [3.8, 4) is 5.75 Å². The number of hydrogen-bond donors (Lipinski definition) is 2. The van der Waals surface area contributed by atoms with Gasteiger partial charge in [0.2, 0.25) is 11.8 Å². The molecule has 0 aliphatic carbocycles. The summed E-state index contributed by atoms with van der Waals surface area (Å²) in [7, 11) is 1.52. The molecule has 180 valence electrons. The van der Waals surface area contributed by atoms with Gasteiger partial charge in [0.15, 0.2) is 5.16 Å². The number of carbonyl (C=O) groups is 2. The Morgan fingerprint density at radius 1 is 1.11 bits per heavy atom. The molecule has 2 heterocycles. The van der Waals surface area contributed by atoms with Crippen molar-refractivity contribution in [1.29, 1.82) is 0 Å². The number of carbonyl (C=O) groups excluding carboxylic acids is 2. The number of amides is 2. The lowest BCUT2D eigenvalue weighted by Gasteiger charge is -2.13. The first-order chi connectivity index (χ1) is 16.9.